The molecule has 0 saturated carbocycles. The number of hydrogen-bond donors (Lipinski definition) is 2. The number of nitrogens with zero attached hydrogens (tertiary/aromatic N) is 4. The molecule has 0 radical (unpaired) electrons. The van der Waals surface area contributed by atoms with E-state index in [1.807, 2.05) is 6.07 Å². The highest BCUT2D eigenvalue weighted by Crippen LogP contribution is 2.29. The van der Waals surface area contributed by atoms with Crippen LogP contribution in [0.2, 0.25) is 5.02 Å². The third-order valence-electron chi connectivity index (χ3n) is 6.65. The predicted molar refractivity (Wildman–Crippen MR) is 140 cm³/mol. The Labute approximate surface area is 233 Å². The Kier molecular flexibility index (Phi) is 8.02. The van der Waals surface area contributed by atoms with Gasteiger partial charge in [0.2, 0.25) is 21.9 Å². The monoisotopic (exact) mass is 600 g/mol. The first-order valence-corrected chi connectivity index (χ1v) is 14.3. The van der Waals surface area contributed by atoms with Gasteiger partial charge in [-0.25, -0.2) is 12.8 Å². The molecule has 1 fully saturated rings. The molecule has 5 rings (SSSR count). The number of fused-ring (bicyclic) bond motifs is 1. The number of aryl methyl sites for hydroxylation is 2. The minimum atomic E-state index is -4.62. The second-order valence-corrected chi connectivity index (χ2v) is 11.9. The lowest BCUT2D eigenvalue weighted by Gasteiger charge is -2.31. The highest BCUT2D eigenvalue weighted by molar-refractivity contribution is 7.89. The maximum absolute atomic E-state index is 13.5. The van der Waals surface area contributed by atoms with Gasteiger partial charge in [-0.3, -0.25) is 0 Å². The summed E-state index contributed by atoms with van der Waals surface area (Å²) < 4.78 is 84.3. The van der Waals surface area contributed by atoms with Crippen LogP contribution in [0.15, 0.2) is 41.3 Å². The number of halogens is 5. The fraction of sp³-hybridized carbons (Fsp3) is 0.400. The summed E-state index contributed by atoms with van der Waals surface area (Å²) in [6.45, 7) is -1.14. The van der Waals surface area contributed by atoms with Crippen LogP contribution in [-0.2, 0) is 22.9 Å². The molecule has 0 amide bonds. The summed E-state index contributed by atoms with van der Waals surface area (Å²) in [5.41, 5.74) is 2.55. The van der Waals surface area contributed by atoms with Crippen LogP contribution in [0.25, 0.3) is 0 Å². The van der Waals surface area contributed by atoms with Crippen LogP contribution in [0.3, 0.4) is 0 Å². The van der Waals surface area contributed by atoms with Gasteiger partial charge < -0.3 is 15.4 Å². The lowest BCUT2D eigenvalue weighted by atomic mass is 10.1. The molecule has 1 aromatic heterocycles. The quantitative estimate of drug-likeness (QED) is 0.344. The molecular formula is C25H25ClF4N6O3S. The second kappa shape index (κ2) is 11.3. The molecule has 3 aromatic rings. The molecule has 1 saturated heterocycles. The maximum atomic E-state index is 13.5. The average molecular weight is 601 g/mol. The van der Waals surface area contributed by atoms with E-state index in [9.17, 15) is 26.0 Å². The van der Waals surface area contributed by atoms with Crippen LogP contribution >= 0.6 is 11.6 Å². The number of sulfonamides is 1. The standard InChI is InChI=1S/C25H25ClF4N6O3S/c26-20-13-18(5-7-21(20)27)32-23-33-22(34-24(35-23)39-14-25(28,29)30)31-17-8-10-36(11-9-17)40(37,38)19-6-4-15-2-1-3-16(15)12-19/h4-7,12-13,17H,1-3,8-11,14H2,(H2,31,32,33,34,35). The van der Waals surface area contributed by atoms with Gasteiger partial charge in [-0.05, 0) is 73.6 Å². The Morgan fingerprint density at radius 1 is 1.00 bits per heavy atom. The van der Waals surface area contributed by atoms with E-state index in [4.69, 9.17) is 16.3 Å². The smallest absolute Gasteiger partial charge is 0.422 e. The van der Waals surface area contributed by atoms with Gasteiger partial charge in [0, 0.05) is 24.8 Å². The zero-order chi connectivity index (χ0) is 28.5. The summed E-state index contributed by atoms with van der Waals surface area (Å²) in [6, 6.07) is 8.18. The van der Waals surface area contributed by atoms with Crippen molar-refractivity contribution in [3.63, 3.8) is 0 Å². The van der Waals surface area contributed by atoms with Crippen LogP contribution in [0, 0.1) is 5.82 Å². The van der Waals surface area contributed by atoms with Gasteiger partial charge in [-0.1, -0.05) is 17.7 Å². The van der Waals surface area contributed by atoms with Crippen LogP contribution in [-0.4, -0.2) is 59.6 Å². The number of hydrogen-bond acceptors (Lipinski definition) is 8. The van der Waals surface area contributed by atoms with Crippen molar-refractivity contribution in [3.8, 4) is 6.01 Å². The Bertz CT molecular complexity index is 1500. The lowest BCUT2D eigenvalue weighted by Crippen LogP contribution is -2.42. The van der Waals surface area contributed by atoms with Gasteiger partial charge in [-0.2, -0.15) is 32.4 Å². The Morgan fingerprint density at radius 3 is 2.45 bits per heavy atom. The number of benzene rings is 2. The molecule has 15 heteroatoms. The molecular weight excluding hydrogens is 576 g/mol. The fourth-order valence-corrected chi connectivity index (χ4v) is 6.37. The molecule has 40 heavy (non-hydrogen) atoms. The number of nitrogens with one attached hydrogen (secondary N) is 2. The van der Waals surface area contributed by atoms with Crippen molar-refractivity contribution in [1.29, 1.82) is 0 Å². The maximum Gasteiger partial charge on any atom is 0.422 e. The highest BCUT2D eigenvalue weighted by atomic mass is 35.5. The second-order valence-electron chi connectivity index (χ2n) is 9.53. The van der Waals surface area contributed by atoms with Crippen LogP contribution < -0.4 is 15.4 Å². The number of anilines is 3. The minimum Gasteiger partial charge on any atom is -0.454 e. The SMILES string of the molecule is O=S(=O)(c1ccc2c(c1)CCC2)N1CCC(Nc2nc(Nc3ccc(F)c(Cl)c3)nc(OCC(F)(F)F)n2)CC1. The molecule has 9 nitrogen and oxygen atoms in total. The fourth-order valence-electron chi connectivity index (χ4n) is 4.67. The summed E-state index contributed by atoms with van der Waals surface area (Å²) in [6.07, 6.45) is -0.950. The van der Waals surface area contributed by atoms with Crippen molar-refractivity contribution in [2.24, 2.45) is 0 Å². The van der Waals surface area contributed by atoms with E-state index in [1.54, 1.807) is 12.1 Å². The van der Waals surface area contributed by atoms with Crippen LogP contribution in [0.1, 0.15) is 30.4 Å². The third-order valence-corrected chi connectivity index (χ3v) is 8.83. The summed E-state index contributed by atoms with van der Waals surface area (Å²) >= 11 is 5.80. The Hall–Kier alpha value is -3.23. The molecule has 214 valence electrons. The molecule has 0 unspecified atom stereocenters. The number of ether oxygens (including phenoxy) is 1. The normalized spacial score (nSPS) is 16.5. The lowest BCUT2D eigenvalue weighted by molar-refractivity contribution is -0.154. The predicted octanol–water partition coefficient (Wildman–Crippen LogP) is 5.10. The minimum absolute atomic E-state index is 0.0668. The van der Waals surface area contributed by atoms with Crippen LogP contribution in [0.5, 0.6) is 6.01 Å². The molecule has 2 aliphatic rings. The van der Waals surface area contributed by atoms with Crippen molar-refractivity contribution >= 4 is 39.2 Å². The van der Waals surface area contributed by atoms with Crippen molar-refractivity contribution in [2.45, 2.75) is 49.2 Å². The van der Waals surface area contributed by atoms with Gasteiger partial charge in [0.15, 0.2) is 6.61 Å². The molecule has 0 atom stereocenters. The van der Waals surface area contributed by atoms with E-state index in [1.165, 1.54) is 22.0 Å². The summed E-state index contributed by atoms with van der Waals surface area (Å²) in [7, 11) is -3.67. The van der Waals surface area contributed by atoms with Gasteiger partial charge in [0.05, 0.1) is 9.92 Å². The van der Waals surface area contributed by atoms with Gasteiger partial charge >= 0.3 is 12.2 Å². The first-order chi connectivity index (χ1) is 19.0. The van der Waals surface area contributed by atoms with Gasteiger partial charge in [-0.15, -0.1) is 0 Å². The number of alkyl halides is 3. The molecule has 2 aromatic carbocycles. The summed E-state index contributed by atoms with van der Waals surface area (Å²) in [5.74, 6) is -0.874. The topological polar surface area (TPSA) is 109 Å². The van der Waals surface area contributed by atoms with Gasteiger partial charge in [0.25, 0.3) is 0 Å². The van der Waals surface area contributed by atoms with Crippen molar-refractivity contribution in [2.75, 3.05) is 30.3 Å². The summed E-state index contributed by atoms with van der Waals surface area (Å²) in [4.78, 5) is 12.3. The largest absolute Gasteiger partial charge is 0.454 e. The van der Waals surface area contributed by atoms with Crippen molar-refractivity contribution in [1.82, 2.24) is 19.3 Å². The zero-order valence-electron chi connectivity index (χ0n) is 21.0. The zero-order valence-corrected chi connectivity index (χ0v) is 22.6. The first kappa shape index (κ1) is 28.3. The molecule has 2 N–H and O–H groups in total. The van der Waals surface area contributed by atoms with Gasteiger partial charge in [0.1, 0.15) is 5.82 Å². The Morgan fingerprint density at radius 2 is 1.73 bits per heavy atom. The van der Waals surface area contributed by atoms with E-state index < -0.39 is 34.6 Å². The van der Waals surface area contributed by atoms with E-state index in [0.29, 0.717) is 12.8 Å². The average Bonchev–Trinajstić information content (AvgIpc) is 3.38. The highest BCUT2D eigenvalue weighted by Gasteiger charge is 2.31. The third kappa shape index (κ3) is 6.73. The first-order valence-electron chi connectivity index (χ1n) is 12.5. The molecule has 2 heterocycles. The molecule has 1 aliphatic carbocycles. The number of rotatable bonds is 8. The van der Waals surface area contributed by atoms with E-state index in [-0.39, 0.29) is 46.6 Å². The van der Waals surface area contributed by atoms with E-state index in [2.05, 4.69) is 25.6 Å². The molecule has 1 aliphatic heterocycles. The number of piperidine rings is 1. The van der Waals surface area contributed by atoms with Crippen molar-refractivity contribution in [3.05, 3.63) is 58.4 Å². The van der Waals surface area contributed by atoms with E-state index >= 15 is 0 Å². The van der Waals surface area contributed by atoms with Crippen LogP contribution in [0.4, 0.5) is 35.1 Å². The van der Waals surface area contributed by atoms with E-state index in [0.717, 1.165) is 30.9 Å². The summed E-state index contributed by atoms with van der Waals surface area (Å²) in [5, 5.41) is 5.61. The Balaban J connectivity index is 1.28. The molecule has 0 bridgehead atoms. The van der Waals surface area contributed by atoms with Crippen molar-refractivity contribution < 1.29 is 30.7 Å². The number of aromatic nitrogens is 3. The molecule has 0 spiro atoms.